The van der Waals surface area contributed by atoms with E-state index in [0.29, 0.717) is 4.88 Å². The molecular weight excluding hydrogens is 269 g/mol. The second-order valence-electron chi connectivity index (χ2n) is 2.46. The van der Waals surface area contributed by atoms with Gasteiger partial charge in [0, 0.05) is 11.8 Å². The van der Waals surface area contributed by atoms with E-state index in [2.05, 4.69) is 15.9 Å². The van der Waals surface area contributed by atoms with Crippen LogP contribution in [0.3, 0.4) is 0 Å². The van der Waals surface area contributed by atoms with Gasteiger partial charge in [-0.25, -0.2) is 8.78 Å². The summed E-state index contributed by atoms with van der Waals surface area (Å²) in [4.78, 5) is 0.482. The third-order valence-corrected chi connectivity index (χ3v) is 3.72. The molecule has 12 heavy (non-hydrogen) atoms. The third kappa shape index (κ3) is 2.41. The molecular formula is C7H6BrClF2S. The highest BCUT2D eigenvalue weighted by Gasteiger charge is 2.34. The minimum Gasteiger partial charge on any atom is -0.205 e. The van der Waals surface area contributed by atoms with Crippen LogP contribution in [0.25, 0.3) is 0 Å². The van der Waals surface area contributed by atoms with E-state index in [0.717, 1.165) is 10.7 Å². The van der Waals surface area contributed by atoms with Crippen LogP contribution in [0.2, 0.25) is 0 Å². The Morgan fingerprint density at radius 2 is 2.17 bits per heavy atom. The van der Waals surface area contributed by atoms with E-state index in [4.69, 9.17) is 11.6 Å². The lowest BCUT2D eigenvalue weighted by atomic mass is 10.2. The van der Waals surface area contributed by atoms with Gasteiger partial charge in [-0.05, 0) is 28.1 Å². The van der Waals surface area contributed by atoms with Gasteiger partial charge < -0.3 is 0 Å². The highest BCUT2D eigenvalue weighted by Crippen LogP contribution is 2.40. The summed E-state index contributed by atoms with van der Waals surface area (Å²) in [6.45, 7) is 0.818. The molecule has 0 saturated carbocycles. The summed E-state index contributed by atoms with van der Waals surface area (Å²) in [6, 6.07) is 3.31. The number of halogens is 4. The van der Waals surface area contributed by atoms with Crippen LogP contribution >= 0.6 is 38.9 Å². The first-order valence-electron chi connectivity index (χ1n) is 3.18. The second-order valence-corrected chi connectivity index (χ2v) is 5.39. The van der Waals surface area contributed by atoms with Crippen molar-refractivity contribution in [2.45, 2.75) is 18.2 Å². The number of rotatable bonds is 2. The zero-order valence-corrected chi connectivity index (χ0v) is 9.31. The van der Waals surface area contributed by atoms with E-state index in [-0.39, 0.29) is 0 Å². The monoisotopic (exact) mass is 274 g/mol. The molecule has 1 aromatic rings. The fourth-order valence-electron chi connectivity index (χ4n) is 0.714. The predicted octanol–water partition coefficient (Wildman–Crippen LogP) is 4.45. The molecule has 1 rings (SSSR count). The van der Waals surface area contributed by atoms with Crippen LogP contribution in [0.4, 0.5) is 8.78 Å². The standard InChI is InChI=1S/C7H6BrClF2S/c1-7(10,11)6(9)4-2-3-5(8)12-4/h2-3,6H,1H3. The molecule has 0 aliphatic carbocycles. The molecule has 0 aliphatic heterocycles. The van der Waals surface area contributed by atoms with Crippen LogP contribution in [0.1, 0.15) is 17.2 Å². The molecule has 0 spiro atoms. The lowest BCUT2D eigenvalue weighted by molar-refractivity contribution is 0.0178. The van der Waals surface area contributed by atoms with Gasteiger partial charge in [-0.1, -0.05) is 0 Å². The van der Waals surface area contributed by atoms with Crippen LogP contribution < -0.4 is 0 Å². The lowest BCUT2D eigenvalue weighted by Gasteiger charge is -2.15. The summed E-state index contributed by atoms with van der Waals surface area (Å²) in [5.41, 5.74) is 0. The molecule has 0 aromatic carbocycles. The number of hydrogen-bond acceptors (Lipinski definition) is 1. The molecule has 0 aliphatic rings. The van der Waals surface area contributed by atoms with Crippen molar-refractivity contribution < 1.29 is 8.78 Å². The van der Waals surface area contributed by atoms with E-state index in [1.807, 2.05) is 0 Å². The Bertz CT molecular complexity index is 269. The van der Waals surface area contributed by atoms with Crippen molar-refractivity contribution >= 4 is 38.9 Å². The van der Waals surface area contributed by atoms with Crippen LogP contribution in [0, 0.1) is 0 Å². The number of alkyl halides is 3. The Balaban J connectivity index is 2.85. The Morgan fingerprint density at radius 3 is 2.50 bits per heavy atom. The van der Waals surface area contributed by atoms with Crippen molar-refractivity contribution in [2.24, 2.45) is 0 Å². The van der Waals surface area contributed by atoms with Gasteiger partial charge in [0.2, 0.25) is 0 Å². The number of thiophene rings is 1. The highest BCUT2D eigenvalue weighted by molar-refractivity contribution is 9.11. The summed E-state index contributed by atoms with van der Waals surface area (Å²) in [5, 5.41) is -1.23. The predicted molar refractivity (Wildman–Crippen MR) is 51.2 cm³/mol. The molecule has 0 radical (unpaired) electrons. The lowest BCUT2D eigenvalue weighted by Crippen LogP contribution is -2.16. The van der Waals surface area contributed by atoms with Crippen molar-refractivity contribution in [1.82, 2.24) is 0 Å². The topological polar surface area (TPSA) is 0 Å². The highest BCUT2D eigenvalue weighted by atomic mass is 79.9. The van der Waals surface area contributed by atoms with E-state index < -0.39 is 11.3 Å². The van der Waals surface area contributed by atoms with Crippen molar-refractivity contribution in [3.8, 4) is 0 Å². The first kappa shape index (κ1) is 10.4. The molecule has 1 heterocycles. The van der Waals surface area contributed by atoms with E-state index >= 15 is 0 Å². The van der Waals surface area contributed by atoms with Gasteiger partial charge in [0.05, 0.1) is 3.79 Å². The maximum atomic E-state index is 12.7. The second kappa shape index (κ2) is 3.60. The molecule has 0 saturated heterocycles. The first-order valence-corrected chi connectivity index (χ1v) is 5.23. The van der Waals surface area contributed by atoms with Gasteiger partial charge in [0.15, 0.2) is 0 Å². The quantitative estimate of drug-likeness (QED) is 0.700. The van der Waals surface area contributed by atoms with Crippen LogP contribution in [0.15, 0.2) is 15.9 Å². The number of hydrogen-bond donors (Lipinski definition) is 0. The normalized spacial score (nSPS) is 14.8. The van der Waals surface area contributed by atoms with E-state index in [1.165, 1.54) is 11.3 Å². The van der Waals surface area contributed by atoms with Gasteiger partial charge in [0.25, 0.3) is 5.92 Å². The molecule has 0 amide bonds. The smallest absolute Gasteiger partial charge is 0.205 e. The minimum absolute atomic E-state index is 0.482. The molecule has 0 bridgehead atoms. The molecule has 5 heteroatoms. The van der Waals surface area contributed by atoms with Gasteiger partial charge in [-0.3, -0.25) is 0 Å². The van der Waals surface area contributed by atoms with Crippen molar-refractivity contribution in [2.75, 3.05) is 0 Å². The molecule has 0 N–H and O–H groups in total. The van der Waals surface area contributed by atoms with E-state index in [9.17, 15) is 8.78 Å². The van der Waals surface area contributed by atoms with Crippen molar-refractivity contribution in [3.63, 3.8) is 0 Å². The Hall–Kier alpha value is 0.330. The van der Waals surface area contributed by atoms with Crippen molar-refractivity contribution in [1.29, 1.82) is 0 Å². The summed E-state index contributed by atoms with van der Waals surface area (Å²) in [5.74, 6) is -2.87. The largest absolute Gasteiger partial charge is 0.266 e. The first-order chi connectivity index (χ1) is 5.41. The maximum Gasteiger partial charge on any atom is 0.266 e. The van der Waals surface area contributed by atoms with Crippen LogP contribution in [0.5, 0.6) is 0 Å². The zero-order valence-electron chi connectivity index (χ0n) is 6.15. The fraction of sp³-hybridized carbons (Fsp3) is 0.429. The summed E-state index contributed by atoms with van der Waals surface area (Å²) >= 11 is 9.94. The van der Waals surface area contributed by atoms with Crippen LogP contribution in [-0.2, 0) is 0 Å². The maximum absolute atomic E-state index is 12.7. The third-order valence-electron chi connectivity index (χ3n) is 1.29. The molecule has 1 unspecified atom stereocenters. The Morgan fingerprint density at radius 1 is 1.58 bits per heavy atom. The summed E-state index contributed by atoms with van der Waals surface area (Å²) in [6.07, 6.45) is 0. The van der Waals surface area contributed by atoms with Gasteiger partial charge >= 0.3 is 0 Å². The van der Waals surface area contributed by atoms with Gasteiger partial charge in [-0.2, -0.15) is 0 Å². The minimum atomic E-state index is -2.87. The summed E-state index contributed by atoms with van der Waals surface area (Å²) in [7, 11) is 0. The summed E-state index contributed by atoms with van der Waals surface area (Å²) < 4.78 is 26.2. The molecule has 0 fully saturated rings. The molecule has 68 valence electrons. The zero-order chi connectivity index (χ0) is 9.35. The fourth-order valence-corrected chi connectivity index (χ4v) is 2.42. The average Bonchev–Trinajstić information content (AvgIpc) is 2.32. The Labute approximate surface area is 86.7 Å². The van der Waals surface area contributed by atoms with Gasteiger partial charge in [0.1, 0.15) is 5.38 Å². The Kier molecular flexibility index (Phi) is 3.12. The SMILES string of the molecule is CC(F)(F)C(Cl)c1ccc(Br)s1. The van der Waals surface area contributed by atoms with E-state index in [1.54, 1.807) is 12.1 Å². The molecule has 1 atom stereocenters. The molecule has 0 nitrogen and oxygen atoms in total. The van der Waals surface area contributed by atoms with Gasteiger partial charge in [-0.15, -0.1) is 22.9 Å². The molecule has 1 aromatic heterocycles. The van der Waals surface area contributed by atoms with Crippen molar-refractivity contribution in [3.05, 3.63) is 20.8 Å². The average molecular weight is 276 g/mol. The van der Waals surface area contributed by atoms with Crippen LogP contribution in [-0.4, -0.2) is 5.92 Å².